The average molecular weight is 304 g/mol. The van der Waals surface area contributed by atoms with Gasteiger partial charge < -0.3 is 5.32 Å². The smallest absolute Gasteiger partial charge is 0.154 e. The summed E-state index contributed by atoms with van der Waals surface area (Å²) in [4.78, 5) is 0. The zero-order valence-corrected chi connectivity index (χ0v) is 14.7. The molecule has 3 atom stereocenters. The van der Waals surface area contributed by atoms with Crippen molar-refractivity contribution in [1.82, 2.24) is 5.32 Å². The van der Waals surface area contributed by atoms with Crippen molar-refractivity contribution in [2.24, 2.45) is 11.3 Å². The summed E-state index contributed by atoms with van der Waals surface area (Å²) in [5, 5.41) is 3.22. The molecule has 0 amide bonds. The van der Waals surface area contributed by atoms with Crippen molar-refractivity contribution in [1.29, 1.82) is 0 Å². The molecule has 1 rings (SSSR count). The predicted molar refractivity (Wildman–Crippen MR) is 86.7 cm³/mol. The van der Waals surface area contributed by atoms with Gasteiger partial charge in [0.1, 0.15) is 0 Å². The number of hydrogen-bond acceptors (Lipinski definition) is 3. The van der Waals surface area contributed by atoms with Crippen LogP contribution in [0, 0.1) is 11.3 Å². The van der Waals surface area contributed by atoms with Crippen molar-refractivity contribution in [2.75, 3.05) is 12.3 Å². The normalized spacial score (nSPS) is 28.6. The van der Waals surface area contributed by atoms with E-state index in [-0.39, 0.29) is 16.7 Å². The minimum Gasteiger partial charge on any atom is -0.313 e. The molecule has 0 radical (unpaired) electrons. The molecule has 0 aliphatic heterocycles. The Balaban J connectivity index is 2.93. The third-order valence-corrected chi connectivity index (χ3v) is 7.65. The van der Waals surface area contributed by atoms with Crippen molar-refractivity contribution < 1.29 is 8.42 Å². The molecule has 4 heteroatoms. The summed E-state index contributed by atoms with van der Waals surface area (Å²) in [6.45, 7) is 11.7. The Labute approximate surface area is 125 Å². The molecule has 1 fully saturated rings. The predicted octanol–water partition coefficient (Wildman–Crippen LogP) is 3.39. The van der Waals surface area contributed by atoms with Crippen LogP contribution in [0.2, 0.25) is 0 Å². The third-order valence-electron chi connectivity index (χ3n) is 5.22. The summed E-state index contributed by atoms with van der Waals surface area (Å²) in [5.74, 6) is 0.859. The molecule has 0 aromatic rings. The van der Waals surface area contributed by atoms with E-state index in [0.29, 0.717) is 11.7 Å². The number of hydrogen-bond donors (Lipinski definition) is 1. The molecule has 120 valence electrons. The first-order valence-electron chi connectivity index (χ1n) is 8.23. The Morgan fingerprint density at radius 2 is 1.80 bits per heavy atom. The molecule has 1 saturated carbocycles. The quantitative estimate of drug-likeness (QED) is 0.784. The SMILES string of the molecule is CCCS(=O)(=O)C1CC(C(C)(C)CC)CCC1NCC. The van der Waals surface area contributed by atoms with Crippen molar-refractivity contribution in [3.05, 3.63) is 0 Å². The number of sulfone groups is 1. The second-order valence-electron chi connectivity index (χ2n) is 6.92. The maximum Gasteiger partial charge on any atom is 0.154 e. The lowest BCUT2D eigenvalue weighted by atomic mass is 9.68. The van der Waals surface area contributed by atoms with Crippen LogP contribution in [-0.2, 0) is 9.84 Å². The van der Waals surface area contributed by atoms with Gasteiger partial charge in [0.25, 0.3) is 0 Å². The molecular formula is C16H33NO2S. The monoisotopic (exact) mass is 303 g/mol. The topological polar surface area (TPSA) is 46.2 Å². The largest absolute Gasteiger partial charge is 0.313 e. The fourth-order valence-electron chi connectivity index (χ4n) is 3.46. The Morgan fingerprint density at radius 3 is 2.30 bits per heavy atom. The van der Waals surface area contributed by atoms with Gasteiger partial charge >= 0.3 is 0 Å². The molecule has 20 heavy (non-hydrogen) atoms. The number of rotatable bonds is 7. The lowest BCUT2D eigenvalue weighted by Crippen LogP contribution is -2.50. The van der Waals surface area contributed by atoms with Gasteiger partial charge in [-0.25, -0.2) is 8.42 Å². The number of nitrogens with one attached hydrogen (secondary N) is 1. The van der Waals surface area contributed by atoms with Gasteiger partial charge in [-0.3, -0.25) is 0 Å². The third kappa shape index (κ3) is 4.20. The summed E-state index contributed by atoms with van der Waals surface area (Å²) >= 11 is 0. The summed E-state index contributed by atoms with van der Waals surface area (Å²) < 4.78 is 25.2. The van der Waals surface area contributed by atoms with Gasteiger partial charge in [0.2, 0.25) is 0 Å². The van der Waals surface area contributed by atoms with Crippen molar-refractivity contribution >= 4 is 9.84 Å². The van der Waals surface area contributed by atoms with Crippen LogP contribution in [0.4, 0.5) is 0 Å². The van der Waals surface area contributed by atoms with E-state index in [2.05, 4.69) is 33.0 Å². The van der Waals surface area contributed by atoms with E-state index < -0.39 is 9.84 Å². The molecule has 0 aromatic carbocycles. The van der Waals surface area contributed by atoms with Crippen molar-refractivity contribution in [3.63, 3.8) is 0 Å². The molecule has 3 nitrogen and oxygen atoms in total. The molecule has 0 saturated heterocycles. The minimum absolute atomic E-state index is 0.153. The second-order valence-corrected chi connectivity index (χ2v) is 9.26. The summed E-state index contributed by atoms with van der Waals surface area (Å²) in [6.07, 6.45) is 4.82. The molecule has 1 aliphatic rings. The van der Waals surface area contributed by atoms with E-state index in [0.717, 1.165) is 38.6 Å². The van der Waals surface area contributed by atoms with Gasteiger partial charge in [-0.15, -0.1) is 0 Å². The van der Waals surface area contributed by atoms with Crippen LogP contribution in [0.15, 0.2) is 0 Å². The van der Waals surface area contributed by atoms with Crippen LogP contribution < -0.4 is 5.32 Å². The first-order chi connectivity index (χ1) is 9.28. The van der Waals surface area contributed by atoms with E-state index >= 15 is 0 Å². The van der Waals surface area contributed by atoms with Crippen molar-refractivity contribution in [3.8, 4) is 0 Å². The Hall–Kier alpha value is -0.0900. The molecular weight excluding hydrogens is 270 g/mol. The lowest BCUT2D eigenvalue weighted by Gasteiger charge is -2.43. The second kappa shape index (κ2) is 7.26. The lowest BCUT2D eigenvalue weighted by molar-refractivity contribution is 0.139. The first kappa shape index (κ1) is 18.0. The van der Waals surface area contributed by atoms with Gasteiger partial charge in [-0.1, -0.05) is 41.0 Å². The molecule has 1 aliphatic carbocycles. The van der Waals surface area contributed by atoms with Gasteiger partial charge in [0, 0.05) is 6.04 Å². The highest BCUT2D eigenvalue weighted by Crippen LogP contribution is 2.42. The highest BCUT2D eigenvalue weighted by atomic mass is 32.2. The van der Waals surface area contributed by atoms with E-state index in [4.69, 9.17) is 0 Å². The van der Waals surface area contributed by atoms with E-state index in [1.807, 2.05) is 6.92 Å². The highest BCUT2D eigenvalue weighted by Gasteiger charge is 2.42. The molecule has 3 unspecified atom stereocenters. The maximum absolute atomic E-state index is 12.6. The van der Waals surface area contributed by atoms with Crippen LogP contribution >= 0.6 is 0 Å². The Morgan fingerprint density at radius 1 is 1.15 bits per heavy atom. The molecule has 0 heterocycles. The standard InChI is InChI=1S/C16H33NO2S/c1-6-11-20(18,19)15-12-13(16(4,5)7-2)9-10-14(15)17-8-3/h13-15,17H,6-12H2,1-5H3. The van der Waals surface area contributed by atoms with Gasteiger partial charge in [-0.2, -0.15) is 0 Å². The van der Waals surface area contributed by atoms with Crippen LogP contribution in [-0.4, -0.2) is 32.0 Å². The fourth-order valence-corrected chi connectivity index (χ4v) is 5.59. The Kier molecular flexibility index (Phi) is 6.52. The zero-order valence-electron chi connectivity index (χ0n) is 13.9. The summed E-state index contributed by atoms with van der Waals surface area (Å²) in [6, 6.07) is 0.153. The van der Waals surface area contributed by atoms with Gasteiger partial charge in [0.05, 0.1) is 11.0 Å². The average Bonchev–Trinajstić information content (AvgIpc) is 2.39. The molecule has 0 aromatic heterocycles. The minimum atomic E-state index is -2.97. The van der Waals surface area contributed by atoms with E-state index in [9.17, 15) is 8.42 Å². The summed E-state index contributed by atoms with van der Waals surface area (Å²) in [7, 11) is -2.97. The van der Waals surface area contributed by atoms with Crippen LogP contribution in [0.1, 0.15) is 66.7 Å². The fraction of sp³-hybridized carbons (Fsp3) is 1.00. The zero-order chi connectivity index (χ0) is 15.4. The van der Waals surface area contributed by atoms with Crippen molar-refractivity contribution in [2.45, 2.75) is 78.0 Å². The molecule has 1 N–H and O–H groups in total. The van der Waals surface area contributed by atoms with Crippen LogP contribution in [0.5, 0.6) is 0 Å². The Bertz CT molecular complexity index is 389. The van der Waals surface area contributed by atoms with E-state index in [1.54, 1.807) is 0 Å². The van der Waals surface area contributed by atoms with Gasteiger partial charge in [0.15, 0.2) is 9.84 Å². The van der Waals surface area contributed by atoms with Gasteiger partial charge in [-0.05, 0) is 43.6 Å². The van der Waals surface area contributed by atoms with E-state index in [1.165, 1.54) is 0 Å². The molecule has 0 spiro atoms. The highest BCUT2D eigenvalue weighted by molar-refractivity contribution is 7.92. The van der Waals surface area contributed by atoms with Crippen LogP contribution in [0.25, 0.3) is 0 Å². The van der Waals surface area contributed by atoms with Crippen LogP contribution in [0.3, 0.4) is 0 Å². The molecule has 0 bridgehead atoms. The summed E-state index contributed by atoms with van der Waals surface area (Å²) in [5.41, 5.74) is 0.247. The first-order valence-corrected chi connectivity index (χ1v) is 9.95. The maximum atomic E-state index is 12.6.